The van der Waals surface area contributed by atoms with Crippen LogP contribution >= 0.6 is 11.3 Å². The summed E-state index contributed by atoms with van der Waals surface area (Å²) in [6.07, 6.45) is 3.25. The van der Waals surface area contributed by atoms with Crippen molar-refractivity contribution in [2.45, 2.75) is 32.5 Å². The summed E-state index contributed by atoms with van der Waals surface area (Å²) in [5, 5.41) is 1.85. The topological polar surface area (TPSA) is 51.3 Å². The minimum Gasteiger partial charge on any atom is -0.366 e. The molecular weight excluding hydrogens is 270 g/mol. The average Bonchev–Trinajstić information content (AvgIpc) is 3.06. The highest BCUT2D eigenvalue weighted by Gasteiger charge is 2.26. The summed E-state index contributed by atoms with van der Waals surface area (Å²) in [7, 11) is 0. The van der Waals surface area contributed by atoms with E-state index in [4.69, 9.17) is 5.73 Å². The Morgan fingerprint density at radius 2 is 2.35 bits per heavy atom. The summed E-state index contributed by atoms with van der Waals surface area (Å²) in [4.78, 5) is 14.9. The fourth-order valence-corrected chi connectivity index (χ4v) is 3.86. The van der Waals surface area contributed by atoms with Gasteiger partial charge in [0.15, 0.2) is 0 Å². The normalized spacial score (nSPS) is 18.9. The van der Waals surface area contributed by atoms with Gasteiger partial charge in [-0.15, -0.1) is 11.3 Å². The lowest BCUT2D eigenvalue weighted by molar-refractivity contribution is 0.100. The molecule has 1 amide bonds. The average molecular weight is 289 g/mol. The van der Waals surface area contributed by atoms with E-state index in [0.29, 0.717) is 11.6 Å². The number of carbonyl (C=O) groups is 1. The van der Waals surface area contributed by atoms with Gasteiger partial charge in [-0.2, -0.15) is 0 Å². The highest BCUT2D eigenvalue weighted by atomic mass is 32.1. The summed E-state index contributed by atoms with van der Waals surface area (Å²) < 4.78 is 2.34. The van der Waals surface area contributed by atoms with Crippen molar-refractivity contribution in [1.29, 1.82) is 0 Å². The molecule has 2 aromatic rings. The van der Waals surface area contributed by atoms with Gasteiger partial charge in [0.2, 0.25) is 5.91 Å². The largest absolute Gasteiger partial charge is 0.366 e. The lowest BCUT2D eigenvalue weighted by Crippen LogP contribution is -2.36. The van der Waals surface area contributed by atoms with Crippen LogP contribution in [0, 0.1) is 0 Å². The Morgan fingerprint density at radius 3 is 3.05 bits per heavy atom. The summed E-state index contributed by atoms with van der Waals surface area (Å²) in [5.74, 6) is -0.341. The molecule has 3 rings (SSSR count). The molecule has 0 aliphatic carbocycles. The van der Waals surface area contributed by atoms with Crippen molar-refractivity contribution in [2.24, 2.45) is 5.73 Å². The lowest BCUT2D eigenvalue weighted by atomic mass is 10.1. The molecule has 0 unspecified atom stereocenters. The number of hydrogen-bond acceptors (Lipinski definition) is 3. The van der Waals surface area contributed by atoms with Crippen LogP contribution in [0.2, 0.25) is 0 Å². The number of fused-ring (bicyclic) bond motifs is 1. The Balaban J connectivity index is 1.78. The fraction of sp³-hybridized carbons (Fsp3) is 0.400. The zero-order valence-corrected chi connectivity index (χ0v) is 12.4. The van der Waals surface area contributed by atoms with Crippen molar-refractivity contribution in [1.82, 2.24) is 9.47 Å². The number of primary amides is 1. The molecule has 20 heavy (non-hydrogen) atoms. The molecule has 4 nitrogen and oxygen atoms in total. The molecule has 2 aromatic heterocycles. The molecule has 1 aliphatic heterocycles. The van der Waals surface area contributed by atoms with E-state index in [-0.39, 0.29) is 5.91 Å². The molecule has 106 valence electrons. The number of amides is 1. The standard InChI is InChI=1S/C15H19N3OS/c1-2-13-14-4-3-5-17(14)6-7-18(13)9-12-8-11(10-20-12)15(16)19/h3-5,8,10,13H,2,6-7,9H2,1H3,(H2,16,19)/t13-/m0/s1. The van der Waals surface area contributed by atoms with Crippen LogP contribution in [0.4, 0.5) is 0 Å². The summed E-state index contributed by atoms with van der Waals surface area (Å²) in [6.45, 7) is 5.20. The quantitative estimate of drug-likeness (QED) is 0.940. The summed E-state index contributed by atoms with van der Waals surface area (Å²) in [6, 6.07) is 6.72. The Bertz CT molecular complexity index is 616. The molecule has 0 saturated heterocycles. The van der Waals surface area contributed by atoms with Gasteiger partial charge in [0, 0.05) is 41.8 Å². The van der Waals surface area contributed by atoms with Crippen molar-refractivity contribution >= 4 is 17.2 Å². The van der Waals surface area contributed by atoms with E-state index >= 15 is 0 Å². The van der Waals surface area contributed by atoms with Gasteiger partial charge in [-0.05, 0) is 24.6 Å². The number of thiophene rings is 1. The Kier molecular flexibility index (Phi) is 3.63. The third-order valence-electron chi connectivity index (χ3n) is 3.96. The Hall–Kier alpha value is -1.59. The molecule has 0 bridgehead atoms. The van der Waals surface area contributed by atoms with Crippen LogP contribution in [0.5, 0.6) is 0 Å². The number of hydrogen-bond donors (Lipinski definition) is 1. The van der Waals surface area contributed by atoms with E-state index in [1.165, 1.54) is 10.6 Å². The SMILES string of the molecule is CC[C@H]1c2cccn2CCN1Cc1cc(C(N)=O)cs1. The highest BCUT2D eigenvalue weighted by molar-refractivity contribution is 7.10. The zero-order valence-electron chi connectivity index (χ0n) is 11.6. The van der Waals surface area contributed by atoms with Gasteiger partial charge in [-0.1, -0.05) is 6.92 Å². The monoisotopic (exact) mass is 289 g/mol. The van der Waals surface area contributed by atoms with Crippen LogP contribution in [0.25, 0.3) is 0 Å². The molecule has 1 atom stereocenters. The number of nitrogens with zero attached hydrogens (tertiary/aromatic N) is 2. The maximum Gasteiger partial charge on any atom is 0.249 e. The van der Waals surface area contributed by atoms with Crippen LogP contribution in [0.1, 0.15) is 40.3 Å². The molecule has 1 aliphatic rings. The number of aromatic nitrogens is 1. The predicted molar refractivity (Wildman–Crippen MR) is 80.7 cm³/mol. The van der Waals surface area contributed by atoms with Gasteiger partial charge in [-0.3, -0.25) is 9.69 Å². The smallest absolute Gasteiger partial charge is 0.249 e. The molecule has 3 heterocycles. The van der Waals surface area contributed by atoms with Crippen LogP contribution in [0.15, 0.2) is 29.8 Å². The molecule has 0 fully saturated rings. The Labute approximate surface area is 122 Å². The number of rotatable bonds is 4. The first-order valence-corrected chi connectivity index (χ1v) is 7.83. The van der Waals surface area contributed by atoms with E-state index in [1.807, 2.05) is 11.4 Å². The van der Waals surface area contributed by atoms with E-state index in [1.54, 1.807) is 11.3 Å². The molecule has 0 aromatic carbocycles. The van der Waals surface area contributed by atoms with E-state index < -0.39 is 0 Å². The Morgan fingerprint density at radius 1 is 1.50 bits per heavy atom. The minimum atomic E-state index is -0.341. The third-order valence-corrected chi connectivity index (χ3v) is 4.88. The van der Waals surface area contributed by atoms with Crippen molar-refractivity contribution in [3.05, 3.63) is 45.9 Å². The van der Waals surface area contributed by atoms with Crippen LogP contribution in [-0.4, -0.2) is 21.9 Å². The molecular formula is C15H19N3OS. The fourth-order valence-electron chi connectivity index (χ4n) is 2.96. The van der Waals surface area contributed by atoms with Gasteiger partial charge in [-0.25, -0.2) is 0 Å². The van der Waals surface area contributed by atoms with Gasteiger partial charge in [0.25, 0.3) is 0 Å². The van der Waals surface area contributed by atoms with Crippen LogP contribution < -0.4 is 5.73 Å². The maximum atomic E-state index is 11.2. The zero-order chi connectivity index (χ0) is 14.1. The van der Waals surface area contributed by atoms with Gasteiger partial charge in [0.1, 0.15) is 0 Å². The van der Waals surface area contributed by atoms with Crippen molar-refractivity contribution in [3.8, 4) is 0 Å². The summed E-state index contributed by atoms with van der Waals surface area (Å²) in [5.41, 5.74) is 7.33. The summed E-state index contributed by atoms with van der Waals surface area (Å²) >= 11 is 1.62. The van der Waals surface area contributed by atoms with Gasteiger partial charge in [0.05, 0.1) is 11.6 Å². The van der Waals surface area contributed by atoms with E-state index in [2.05, 4.69) is 34.7 Å². The molecule has 0 saturated carbocycles. The van der Waals surface area contributed by atoms with Crippen LogP contribution in [-0.2, 0) is 13.1 Å². The molecule has 0 spiro atoms. The van der Waals surface area contributed by atoms with Crippen LogP contribution in [0.3, 0.4) is 0 Å². The van der Waals surface area contributed by atoms with Crippen molar-refractivity contribution in [2.75, 3.05) is 6.54 Å². The minimum absolute atomic E-state index is 0.341. The second-order valence-electron chi connectivity index (χ2n) is 5.19. The first-order valence-electron chi connectivity index (χ1n) is 6.95. The van der Waals surface area contributed by atoms with E-state index in [0.717, 1.165) is 26.1 Å². The van der Waals surface area contributed by atoms with Gasteiger partial charge >= 0.3 is 0 Å². The maximum absolute atomic E-state index is 11.2. The lowest BCUT2D eigenvalue weighted by Gasteiger charge is -2.36. The first kappa shape index (κ1) is 13.4. The highest BCUT2D eigenvalue weighted by Crippen LogP contribution is 2.31. The second-order valence-corrected chi connectivity index (χ2v) is 6.18. The van der Waals surface area contributed by atoms with E-state index in [9.17, 15) is 4.79 Å². The third kappa shape index (κ3) is 2.39. The van der Waals surface area contributed by atoms with Gasteiger partial charge < -0.3 is 10.3 Å². The molecule has 5 heteroatoms. The number of carbonyl (C=O) groups excluding carboxylic acids is 1. The first-order chi connectivity index (χ1) is 9.69. The van der Waals surface area contributed by atoms with Crippen molar-refractivity contribution in [3.63, 3.8) is 0 Å². The number of nitrogens with two attached hydrogens (primary N) is 1. The molecule has 2 N–H and O–H groups in total. The predicted octanol–water partition coefficient (Wildman–Crippen LogP) is 2.62. The van der Waals surface area contributed by atoms with Crippen molar-refractivity contribution < 1.29 is 4.79 Å². The molecule has 0 radical (unpaired) electrons. The second kappa shape index (κ2) is 5.42.